The summed E-state index contributed by atoms with van der Waals surface area (Å²) in [6, 6.07) is 0. The maximum absolute atomic E-state index is 11.9. The lowest BCUT2D eigenvalue weighted by Gasteiger charge is -2.30. The Morgan fingerprint density at radius 1 is 1.47 bits per heavy atom. The average Bonchev–Trinajstić information content (AvgIpc) is 2.57. The molecule has 0 saturated carbocycles. The number of amides is 1. The third-order valence-electron chi connectivity index (χ3n) is 2.72. The van der Waals surface area contributed by atoms with Crippen LogP contribution in [-0.2, 0) is 17.8 Å². The molecule has 0 aromatic carbocycles. The molecule has 0 bridgehead atoms. The summed E-state index contributed by atoms with van der Waals surface area (Å²) in [5.41, 5.74) is 0.698. The molecule has 0 fully saturated rings. The Balaban J connectivity index is 2.05. The van der Waals surface area contributed by atoms with E-state index in [2.05, 4.69) is 9.55 Å². The zero-order valence-electron chi connectivity index (χ0n) is 10.9. The number of nitrogens with zero attached hydrogens (tertiary/aromatic N) is 3. The highest BCUT2D eigenvalue weighted by Crippen LogP contribution is 2.14. The van der Waals surface area contributed by atoms with E-state index in [0.29, 0.717) is 13.1 Å². The summed E-state index contributed by atoms with van der Waals surface area (Å²) < 4.78 is 7.49. The van der Waals surface area contributed by atoms with E-state index in [1.54, 1.807) is 4.90 Å². The van der Waals surface area contributed by atoms with Crippen LogP contribution in [0, 0.1) is 0 Å². The van der Waals surface area contributed by atoms with Crippen LogP contribution < -0.4 is 5.59 Å². The van der Waals surface area contributed by atoms with Crippen molar-refractivity contribution in [1.29, 1.82) is 0 Å². The van der Waals surface area contributed by atoms with Crippen molar-refractivity contribution >= 4 is 19.5 Å². The van der Waals surface area contributed by atoms with Crippen LogP contribution in [-0.4, -0.2) is 40.5 Å². The van der Waals surface area contributed by atoms with Crippen LogP contribution in [0.2, 0.25) is 0 Å². The number of carbonyl (C=O) groups is 1. The van der Waals surface area contributed by atoms with E-state index in [4.69, 9.17) is 4.74 Å². The molecule has 17 heavy (non-hydrogen) atoms. The van der Waals surface area contributed by atoms with Gasteiger partial charge in [-0.25, -0.2) is 9.78 Å². The number of rotatable bonds is 0. The lowest BCUT2D eigenvalue weighted by atomic mass is 10.1. The van der Waals surface area contributed by atoms with Gasteiger partial charge < -0.3 is 9.30 Å². The fourth-order valence-corrected chi connectivity index (χ4v) is 1.90. The zero-order valence-corrected chi connectivity index (χ0v) is 10.9. The van der Waals surface area contributed by atoms with Gasteiger partial charge in [0.25, 0.3) is 0 Å². The summed E-state index contributed by atoms with van der Waals surface area (Å²) in [7, 11) is 2.03. The van der Waals surface area contributed by atoms with Gasteiger partial charge in [-0.1, -0.05) is 0 Å². The number of hydrogen-bond donors (Lipinski definition) is 0. The van der Waals surface area contributed by atoms with Gasteiger partial charge in [-0.05, 0) is 26.4 Å². The van der Waals surface area contributed by atoms with Gasteiger partial charge in [-0.2, -0.15) is 0 Å². The Bertz CT molecular complexity index is 436. The van der Waals surface area contributed by atoms with E-state index >= 15 is 0 Å². The van der Waals surface area contributed by atoms with Crippen molar-refractivity contribution < 1.29 is 9.53 Å². The standard InChI is InChI=1S/C11H18BN3O2/c1-11(2,3)17-10(16)14-4-5-15-8(12)6-13-9(15)7-14/h6H,4-5,7,12H2,1-3H3. The molecule has 5 nitrogen and oxygen atoms in total. The molecule has 0 aliphatic carbocycles. The fourth-order valence-electron chi connectivity index (χ4n) is 1.90. The molecule has 92 valence electrons. The van der Waals surface area contributed by atoms with E-state index in [1.165, 1.54) is 0 Å². The smallest absolute Gasteiger partial charge is 0.410 e. The van der Waals surface area contributed by atoms with E-state index in [9.17, 15) is 4.79 Å². The van der Waals surface area contributed by atoms with Gasteiger partial charge in [0.2, 0.25) is 0 Å². The minimum atomic E-state index is -0.445. The Morgan fingerprint density at radius 2 is 2.18 bits per heavy atom. The normalized spacial score (nSPS) is 15.6. The first kappa shape index (κ1) is 12.0. The first-order valence-electron chi connectivity index (χ1n) is 5.86. The maximum Gasteiger partial charge on any atom is 0.410 e. The number of hydrogen-bond acceptors (Lipinski definition) is 3. The van der Waals surface area contributed by atoms with E-state index in [0.717, 1.165) is 18.0 Å². The highest BCUT2D eigenvalue weighted by molar-refractivity contribution is 6.30. The molecule has 0 spiro atoms. The molecule has 0 atom stereocenters. The van der Waals surface area contributed by atoms with Gasteiger partial charge in [0.05, 0.1) is 6.54 Å². The molecular formula is C11H18BN3O2. The number of imidazole rings is 1. The highest BCUT2D eigenvalue weighted by atomic mass is 16.6. The Morgan fingerprint density at radius 3 is 2.82 bits per heavy atom. The monoisotopic (exact) mass is 235 g/mol. The molecular weight excluding hydrogens is 217 g/mol. The van der Waals surface area contributed by atoms with Crippen LogP contribution in [0.5, 0.6) is 0 Å². The van der Waals surface area contributed by atoms with Crippen molar-refractivity contribution in [2.24, 2.45) is 0 Å². The summed E-state index contributed by atoms with van der Waals surface area (Å²) in [6.07, 6.45) is 1.58. The fraction of sp³-hybridized carbons (Fsp3) is 0.636. The molecule has 6 heteroatoms. The van der Waals surface area contributed by atoms with Crippen molar-refractivity contribution in [2.45, 2.75) is 39.5 Å². The predicted octanol–water partition coefficient (Wildman–Crippen LogP) is -0.108. The Kier molecular flexibility index (Phi) is 2.89. The summed E-state index contributed by atoms with van der Waals surface area (Å²) >= 11 is 0. The quantitative estimate of drug-likeness (QED) is 0.589. The summed E-state index contributed by atoms with van der Waals surface area (Å²) in [5.74, 6) is 0.930. The average molecular weight is 235 g/mol. The second kappa shape index (κ2) is 4.09. The van der Waals surface area contributed by atoms with Gasteiger partial charge in [0, 0.05) is 19.3 Å². The van der Waals surface area contributed by atoms with Crippen molar-refractivity contribution in [3.05, 3.63) is 12.0 Å². The van der Waals surface area contributed by atoms with Crippen molar-refractivity contribution in [2.75, 3.05) is 6.54 Å². The second-order valence-corrected chi connectivity index (χ2v) is 5.37. The lowest BCUT2D eigenvalue weighted by Crippen LogP contribution is -2.43. The predicted molar refractivity (Wildman–Crippen MR) is 67.0 cm³/mol. The molecule has 1 aromatic heterocycles. The number of aromatic nitrogens is 2. The van der Waals surface area contributed by atoms with Crippen molar-refractivity contribution in [3.8, 4) is 0 Å². The van der Waals surface area contributed by atoms with Crippen molar-refractivity contribution in [3.63, 3.8) is 0 Å². The van der Waals surface area contributed by atoms with Gasteiger partial charge in [-0.15, -0.1) is 0 Å². The molecule has 1 aromatic rings. The first-order chi connectivity index (χ1) is 7.87. The van der Waals surface area contributed by atoms with E-state index in [1.807, 2.05) is 34.8 Å². The van der Waals surface area contributed by atoms with Gasteiger partial charge in [-0.3, -0.25) is 4.90 Å². The lowest BCUT2D eigenvalue weighted by molar-refractivity contribution is 0.0196. The number of carbonyl (C=O) groups excluding carboxylic acids is 1. The van der Waals surface area contributed by atoms with Gasteiger partial charge in [0.1, 0.15) is 11.4 Å². The van der Waals surface area contributed by atoms with Gasteiger partial charge >= 0.3 is 6.09 Å². The van der Waals surface area contributed by atoms with Crippen LogP contribution in [0.15, 0.2) is 6.20 Å². The topological polar surface area (TPSA) is 47.4 Å². The molecule has 0 N–H and O–H groups in total. The first-order valence-corrected chi connectivity index (χ1v) is 5.86. The Labute approximate surface area is 102 Å². The molecule has 1 aliphatic rings. The van der Waals surface area contributed by atoms with Crippen LogP contribution in [0.25, 0.3) is 0 Å². The molecule has 0 radical (unpaired) electrons. The summed E-state index contributed by atoms with van der Waals surface area (Å²) in [6.45, 7) is 7.63. The van der Waals surface area contributed by atoms with Crippen LogP contribution in [0.3, 0.4) is 0 Å². The molecule has 1 amide bonds. The third-order valence-corrected chi connectivity index (χ3v) is 2.72. The van der Waals surface area contributed by atoms with Crippen molar-refractivity contribution in [1.82, 2.24) is 14.5 Å². The Hall–Kier alpha value is -1.46. The highest BCUT2D eigenvalue weighted by Gasteiger charge is 2.26. The van der Waals surface area contributed by atoms with Crippen LogP contribution in [0.1, 0.15) is 26.6 Å². The molecule has 0 unspecified atom stereocenters. The van der Waals surface area contributed by atoms with E-state index in [-0.39, 0.29) is 6.09 Å². The second-order valence-electron chi connectivity index (χ2n) is 5.37. The SMILES string of the molecule is Bc1cnc2n1CCN(C(=O)OC(C)(C)C)C2. The van der Waals surface area contributed by atoms with E-state index < -0.39 is 5.60 Å². The summed E-state index contributed by atoms with van der Waals surface area (Å²) in [4.78, 5) is 17.9. The van der Waals surface area contributed by atoms with Crippen LogP contribution in [0.4, 0.5) is 4.79 Å². The third kappa shape index (κ3) is 2.62. The minimum absolute atomic E-state index is 0.260. The maximum atomic E-state index is 11.9. The molecule has 1 aliphatic heterocycles. The largest absolute Gasteiger partial charge is 0.444 e. The number of ether oxygens (including phenoxy) is 1. The molecule has 0 saturated heterocycles. The number of fused-ring (bicyclic) bond motifs is 1. The van der Waals surface area contributed by atoms with Crippen LogP contribution >= 0.6 is 0 Å². The summed E-state index contributed by atoms with van der Waals surface area (Å²) in [5, 5.41) is 0. The molecule has 2 rings (SSSR count). The zero-order chi connectivity index (χ0) is 12.6. The molecule has 2 heterocycles. The van der Waals surface area contributed by atoms with Gasteiger partial charge in [0.15, 0.2) is 7.85 Å². The minimum Gasteiger partial charge on any atom is -0.444 e.